The number of morpholine rings is 1. The standard InChI is InChI=1S/C16H21F2NO3/c1-10(14-4-3-12(17)6-15(14)18)5-16(21)19-7-13(8-20)22-9-11(19)2/h3-4,6,10-11,13,20H,5,7-9H2,1-2H3/t10-,11-,13+/m1/s1. The molecule has 1 fully saturated rings. The van der Waals surface area contributed by atoms with Crippen molar-refractivity contribution in [2.75, 3.05) is 19.8 Å². The first-order valence-electron chi connectivity index (χ1n) is 7.39. The van der Waals surface area contributed by atoms with E-state index in [1.54, 1.807) is 11.8 Å². The van der Waals surface area contributed by atoms with Crippen molar-refractivity contribution in [3.05, 3.63) is 35.4 Å². The quantitative estimate of drug-likeness (QED) is 0.926. The van der Waals surface area contributed by atoms with Gasteiger partial charge in [-0.3, -0.25) is 4.79 Å². The molecule has 3 atom stereocenters. The van der Waals surface area contributed by atoms with Gasteiger partial charge in [0.15, 0.2) is 0 Å². The van der Waals surface area contributed by atoms with Gasteiger partial charge in [0.05, 0.1) is 25.4 Å². The van der Waals surface area contributed by atoms with Crippen LogP contribution in [0.2, 0.25) is 0 Å². The SMILES string of the molecule is C[C@H](CC(=O)N1C[C@@H](CO)OC[C@H]1C)c1ccc(F)cc1F. The first kappa shape index (κ1) is 16.8. The minimum atomic E-state index is -0.636. The van der Waals surface area contributed by atoms with Crippen LogP contribution in [0, 0.1) is 11.6 Å². The smallest absolute Gasteiger partial charge is 0.223 e. The highest BCUT2D eigenvalue weighted by Crippen LogP contribution is 2.25. The second-order valence-electron chi connectivity index (χ2n) is 5.80. The third-order valence-electron chi connectivity index (χ3n) is 4.00. The summed E-state index contributed by atoms with van der Waals surface area (Å²) in [5.74, 6) is -1.74. The zero-order chi connectivity index (χ0) is 16.3. The molecule has 2 rings (SSSR count). The van der Waals surface area contributed by atoms with Gasteiger partial charge < -0.3 is 14.7 Å². The molecule has 1 aromatic carbocycles. The fourth-order valence-corrected chi connectivity index (χ4v) is 2.67. The van der Waals surface area contributed by atoms with Crippen LogP contribution in [0.5, 0.6) is 0 Å². The molecule has 1 amide bonds. The highest BCUT2D eigenvalue weighted by Gasteiger charge is 2.30. The van der Waals surface area contributed by atoms with E-state index in [4.69, 9.17) is 9.84 Å². The van der Waals surface area contributed by atoms with Crippen LogP contribution in [0.3, 0.4) is 0 Å². The first-order valence-corrected chi connectivity index (χ1v) is 7.39. The second-order valence-corrected chi connectivity index (χ2v) is 5.80. The monoisotopic (exact) mass is 313 g/mol. The van der Waals surface area contributed by atoms with Crippen molar-refractivity contribution in [2.24, 2.45) is 0 Å². The number of rotatable bonds is 4. The van der Waals surface area contributed by atoms with Gasteiger partial charge in [0.1, 0.15) is 11.6 Å². The Kier molecular flexibility index (Phi) is 5.47. The van der Waals surface area contributed by atoms with Gasteiger partial charge in [-0.15, -0.1) is 0 Å². The summed E-state index contributed by atoms with van der Waals surface area (Å²) in [5.41, 5.74) is 0.328. The summed E-state index contributed by atoms with van der Waals surface area (Å²) in [6.45, 7) is 4.17. The molecule has 0 unspecified atom stereocenters. The van der Waals surface area contributed by atoms with Crippen molar-refractivity contribution < 1.29 is 23.4 Å². The minimum Gasteiger partial charge on any atom is -0.394 e. The van der Waals surface area contributed by atoms with Crippen molar-refractivity contribution in [1.82, 2.24) is 4.90 Å². The molecule has 22 heavy (non-hydrogen) atoms. The Morgan fingerprint density at radius 3 is 2.86 bits per heavy atom. The largest absolute Gasteiger partial charge is 0.394 e. The van der Waals surface area contributed by atoms with Crippen LogP contribution in [-0.2, 0) is 9.53 Å². The van der Waals surface area contributed by atoms with Crippen molar-refractivity contribution in [2.45, 2.75) is 38.3 Å². The predicted octanol–water partition coefficient (Wildman–Crippen LogP) is 2.07. The first-order chi connectivity index (χ1) is 10.4. The van der Waals surface area contributed by atoms with Gasteiger partial charge >= 0.3 is 0 Å². The van der Waals surface area contributed by atoms with E-state index in [1.807, 2.05) is 6.92 Å². The summed E-state index contributed by atoms with van der Waals surface area (Å²) in [6, 6.07) is 3.32. The van der Waals surface area contributed by atoms with Crippen molar-refractivity contribution >= 4 is 5.91 Å². The summed E-state index contributed by atoms with van der Waals surface area (Å²) in [7, 11) is 0. The Morgan fingerprint density at radius 1 is 1.50 bits per heavy atom. The summed E-state index contributed by atoms with van der Waals surface area (Å²) in [6.07, 6.45) is -0.247. The minimum absolute atomic E-state index is 0.0828. The van der Waals surface area contributed by atoms with Gasteiger partial charge in [0, 0.05) is 19.0 Å². The zero-order valence-corrected chi connectivity index (χ0v) is 12.8. The second kappa shape index (κ2) is 7.15. The van der Waals surface area contributed by atoms with Crippen molar-refractivity contribution in [3.8, 4) is 0 Å². The van der Waals surface area contributed by atoms with E-state index in [-0.39, 0.29) is 37.0 Å². The number of ether oxygens (including phenoxy) is 1. The number of aliphatic hydroxyl groups is 1. The maximum absolute atomic E-state index is 13.8. The molecule has 0 bridgehead atoms. The number of halogens is 2. The zero-order valence-electron chi connectivity index (χ0n) is 12.8. The molecule has 4 nitrogen and oxygen atoms in total. The molecule has 1 aliphatic rings. The number of benzene rings is 1. The van der Waals surface area contributed by atoms with Crippen LogP contribution in [0.1, 0.15) is 31.7 Å². The number of aliphatic hydroxyl groups excluding tert-OH is 1. The number of carbonyl (C=O) groups is 1. The molecular weight excluding hydrogens is 292 g/mol. The van der Waals surface area contributed by atoms with E-state index < -0.39 is 11.6 Å². The van der Waals surface area contributed by atoms with E-state index in [1.165, 1.54) is 12.1 Å². The maximum atomic E-state index is 13.8. The lowest BCUT2D eigenvalue weighted by molar-refractivity contribution is -0.146. The Hall–Kier alpha value is -1.53. The lowest BCUT2D eigenvalue weighted by Crippen LogP contribution is -2.52. The van der Waals surface area contributed by atoms with E-state index in [9.17, 15) is 13.6 Å². The molecule has 122 valence electrons. The van der Waals surface area contributed by atoms with Crippen LogP contribution in [0.15, 0.2) is 18.2 Å². The fourth-order valence-electron chi connectivity index (χ4n) is 2.67. The highest BCUT2D eigenvalue weighted by atomic mass is 19.1. The molecule has 1 N–H and O–H groups in total. The van der Waals surface area contributed by atoms with Crippen LogP contribution in [0.4, 0.5) is 8.78 Å². The molecule has 1 saturated heterocycles. The average molecular weight is 313 g/mol. The van der Waals surface area contributed by atoms with Crippen LogP contribution in [0.25, 0.3) is 0 Å². The third-order valence-corrected chi connectivity index (χ3v) is 4.00. The van der Waals surface area contributed by atoms with Crippen LogP contribution < -0.4 is 0 Å². The Morgan fingerprint density at radius 2 is 2.23 bits per heavy atom. The molecule has 0 aliphatic carbocycles. The van der Waals surface area contributed by atoms with Gasteiger partial charge in [0.2, 0.25) is 5.91 Å². The van der Waals surface area contributed by atoms with Gasteiger partial charge in [-0.2, -0.15) is 0 Å². The lowest BCUT2D eigenvalue weighted by atomic mass is 9.96. The molecular formula is C16H21F2NO3. The number of amides is 1. The van der Waals surface area contributed by atoms with Crippen LogP contribution >= 0.6 is 0 Å². The molecule has 6 heteroatoms. The molecule has 1 aliphatic heterocycles. The van der Waals surface area contributed by atoms with E-state index >= 15 is 0 Å². The maximum Gasteiger partial charge on any atom is 0.223 e. The fraction of sp³-hybridized carbons (Fsp3) is 0.562. The molecule has 1 heterocycles. The van der Waals surface area contributed by atoms with Crippen molar-refractivity contribution in [3.63, 3.8) is 0 Å². The Balaban J connectivity index is 2.03. The summed E-state index contributed by atoms with van der Waals surface area (Å²) >= 11 is 0. The predicted molar refractivity (Wildman–Crippen MR) is 77.4 cm³/mol. The van der Waals surface area contributed by atoms with Crippen LogP contribution in [-0.4, -0.2) is 47.8 Å². The molecule has 0 saturated carbocycles. The van der Waals surface area contributed by atoms with Gasteiger partial charge in [-0.25, -0.2) is 8.78 Å². The molecule has 0 radical (unpaired) electrons. The summed E-state index contributed by atoms with van der Waals surface area (Å²) in [5, 5.41) is 9.15. The lowest BCUT2D eigenvalue weighted by Gasteiger charge is -2.38. The van der Waals surface area contributed by atoms with Gasteiger partial charge in [-0.1, -0.05) is 13.0 Å². The van der Waals surface area contributed by atoms with E-state index in [0.717, 1.165) is 6.07 Å². The number of carbonyl (C=O) groups excluding carboxylic acids is 1. The molecule has 0 spiro atoms. The van der Waals surface area contributed by atoms with E-state index in [0.29, 0.717) is 18.7 Å². The number of hydrogen-bond donors (Lipinski definition) is 1. The Bertz CT molecular complexity index is 538. The normalized spacial score (nSPS) is 23.4. The summed E-state index contributed by atoms with van der Waals surface area (Å²) in [4.78, 5) is 14.1. The van der Waals surface area contributed by atoms with E-state index in [2.05, 4.69) is 0 Å². The molecule has 1 aromatic rings. The third kappa shape index (κ3) is 3.81. The topological polar surface area (TPSA) is 49.8 Å². The van der Waals surface area contributed by atoms with Gasteiger partial charge in [0.25, 0.3) is 0 Å². The summed E-state index contributed by atoms with van der Waals surface area (Å²) < 4.78 is 32.1. The van der Waals surface area contributed by atoms with Gasteiger partial charge in [-0.05, 0) is 24.5 Å². The Labute approximate surface area is 128 Å². The number of hydrogen-bond acceptors (Lipinski definition) is 3. The highest BCUT2D eigenvalue weighted by molar-refractivity contribution is 5.77. The average Bonchev–Trinajstić information content (AvgIpc) is 2.47. The van der Waals surface area contributed by atoms with Crippen molar-refractivity contribution in [1.29, 1.82) is 0 Å². The molecule has 0 aromatic heterocycles. The number of nitrogens with zero attached hydrogens (tertiary/aromatic N) is 1.